The first kappa shape index (κ1) is 33.9. The second-order valence-electron chi connectivity index (χ2n) is 12.1. The Balaban J connectivity index is 1.59. The van der Waals surface area contributed by atoms with Crippen LogP contribution in [0.15, 0.2) is 54.7 Å². The first-order chi connectivity index (χ1) is 21.4. The first-order valence-electron chi connectivity index (χ1n) is 14.7. The van der Waals surface area contributed by atoms with E-state index < -0.39 is 32.1 Å². The zero-order valence-electron chi connectivity index (χ0n) is 26.6. The maximum Gasteiger partial charge on any atom is 0.251 e. The maximum atomic E-state index is 15.1. The molecule has 0 saturated heterocycles. The van der Waals surface area contributed by atoms with Crippen molar-refractivity contribution >= 4 is 24.9 Å². The smallest absolute Gasteiger partial charge is 0.251 e. The molecule has 45 heavy (non-hydrogen) atoms. The van der Waals surface area contributed by atoms with Crippen LogP contribution in [0.1, 0.15) is 23.0 Å². The van der Waals surface area contributed by atoms with Gasteiger partial charge < -0.3 is 33.9 Å². The Morgan fingerprint density at radius 3 is 2.47 bits per heavy atom. The van der Waals surface area contributed by atoms with Gasteiger partial charge in [-0.15, -0.1) is 0 Å². The number of nitrogens with one attached hydrogen (secondary N) is 1. The number of aliphatic hydroxyl groups is 1. The molecule has 2 heterocycles. The number of aromatic nitrogens is 2. The lowest BCUT2D eigenvalue weighted by atomic mass is 9.99. The van der Waals surface area contributed by atoms with E-state index >= 15 is 4.39 Å². The number of amides is 1. The molecule has 1 amide bonds. The van der Waals surface area contributed by atoms with Gasteiger partial charge in [0.25, 0.3) is 5.91 Å². The van der Waals surface area contributed by atoms with Crippen molar-refractivity contribution in [2.75, 3.05) is 40.7 Å². The van der Waals surface area contributed by atoms with Gasteiger partial charge in [-0.25, -0.2) is 13.8 Å². The molecule has 2 aromatic carbocycles. The molecule has 0 aliphatic heterocycles. The average Bonchev–Trinajstić information content (AvgIpc) is 3.39. The predicted molar refractivity (Wildman–Crippen MR) is 172 cm³/mol. The summed E-state index contributed by atoms with van der Waals surface area (Å²) in [6.07, 6.45) is 1.78. The fourth-order valence-corrected chi connectivity index (χ4v) is 5.53. The van der Waals surface area contributed by atoms with Crippen molar-refractivity contribution in [2.45, 2.75) is 44.9 Å². The van der Waals surface area contributed by atoms with Crippen LogP contribution in [-0.2, 0) is 17.1 Å². The summed E-state index contributed by atoms with van der Waals surface area (Å²) in [7, 11) is 1.64. The van der Waals surface area contributed by atoms with Crippen molar-refractivity contribution < 1.29 is 37.6 Å². The third-order valence-corrected chi connectivity index (χ3v) is 9.02. The normalized spacial score (nSPS) is 13.0. The predicted octanol–water partition coefficient (Wildman–Crippen LogP) is 6.16. The minimum Gasteiger partial charge on any atom is -0.494 e. The largest absolute Gasteiger partial charge is 0.494 e. The summed E-state index contributed by atoms with van der Waals surface area (Å²) in [5.74, 6) is 0.168. The van der Waals surface area contributed by atoms with E-state index in [-0.39, 0.29) is 36.9 Å². The van der Waals surface area contributed by atoms with Gasteiger partial charge in [-0.1, -0.05) is 31.8 Å². The molecule has 242 valence electrons. The van der Waals surface area contributed by atoms with E-state index in [1.165, 1.54) is 45.4 Å². The molecule has 0 aliphatic rings. The minimum atomic E-state index is -1.59. The molecule has 1 atom stereocenters. The molecule has 2 N–H and O–H groups in total. The highest BCUT2D eigenvalue weighted by Crippen LogP contribution is 2.37. The number of benzene rings is 2. The van der Waals surface area contributed by atoms with Gasteiger partial charge in [-0.05, 0) is 49.4 Å². The molecule has 0 radical (unpaired) electrons. The number of pyridine rings is 1. The topological polar surface area (TPSA) is 104 Å². The summed E-state index contributed by atoms with van der Waals surface area (Å²) >= 11 is 0. The lowest BCUT2D eigenvalue weighted by Gasteiger charge is -2.24. The van der Waals surface area contributed by atoms with Crippen LogP contribution in [0, 0.1) is 5.82 Å². The van der Waals surface area contributed by atoms with Crippen LogP contribution in [-0.4, -0.2) is 69.3 Å². The van der Waals surface area contributed by atoms with Gasteiger partial charge in [0.1, 0.15) is 42.9 Å². The second kappa shape index (κ2) is 14.4. The molecule has 0 spiro atoms. The van der Waals surface area contributed by atoms with Crippen molar-refractivity contribution in [2.24, 2.45) is 0 Å². The molecule has 1 unspecified atom stereocenters. The molecular weight excluding hydrogens is 600 g/mol. The third-order valence-electron chi connectivity index (χ3n) is 7.31. The number of hydrogen-bond donors (Lipinski definition) is 2. The SMILES string of the molecule is COc1cc(C(=O)NCC(C)(O)c2ccc(OC)c(-c3cn(COCC[Si](C)(C)C)c4c(F)cccc34)n2)ccc1OCCF. The number of para-hydroxylation sites is 1. The Labute approximate surface area is 263 Å². The standard InChI is InChI=1S/C33H41F2N3O6Si/c1-33(40,20-36-32(39)22-10-11-26(44-15-14-34)28(18-22)42-3)29-13-12-27(41-2)30(37-29)24-19-38(21-43-16-17-45(4,5)6)31-23(24)8-7-9-25(31)35/h7-13,18-19,40H,14-17,20-21H2,1-6H3,(H,36,39). The Morgan fingerprint density at radius 2 is 1.78 bits per heavy atom. The summed E-state index contributed by atoms with van der Waals surface area (Å²) in [6, 6.07) is 13.6. The van der Waals surface area contributed by atoms with Gasteiger partial charge >= 0.3 is 0 Å². The van der Waals surface area contributed by atoms with Crippen LogP contribution in [0.3, 0.4) is 0 Å². The number of methoxy groups -OCH3 is 2. The van der Waals surface area contributed by atoms with E-state index in [0.29, 0.717) is 40.3 Å². The third kappa shape index (κ3) is 8.18. The summed E-state index contributed by atoms with van der Waals surface area (Å²) in [4.78, 5) is 17.7. The van der Waals surface area contributed by atoms with Crippen LogP contribution in [0.4, 0.5) is 8.78 Å². The number of carbonyl (C=O) groups excluding carboxylic acids is 1. The Hall–Kier alpha value is -4.00. The quantitative estimate of drug-likeness (QED) is 0.118. The highest BCUT2D eigenvalue weighted by molar-refractivity contribution is 6.76. The van der Waals surface area contributed by atoms with Crippen LogP contribution < -0.4 is 19.5 Å². The summed E-state index contributed by atoms with van der Waals surface area (Å²) in [5, 5.41) is 14.8. The van der Waals surface area contributed by atoms with Gasteiger partial charge in [0.15, 0.2) is 11.5 Å². The van der Waals surface area contributed by atoms with Gasteiger partial charge in [-0.3, -0.25) is 4.79 Å². The van der Waals surface area contributed by atoms with Crippen LogP contribution >= 0.6 is 0 Å². The number of nitrogens with zero attached hydrogens (tertiary/aromatic N) is 2. The maximum absolute atomic E-state index is 15.1. The molecule has 9 nitrogen and oxygen atoms in total. The molecule has 0 saturated carbocycles. The lowest BCUT2D eigenvalue weighted by Crippen LogP contribution is -2.39. The number of fused-ring (bicyclic) bond motifs is 1. The number of halogens is 2. The van der Waals surface area contributed by atoms with Crippen molar-refractivity contribution in [1.29, 1.82) is 0 Å². The Kier molecular flexibility index (Phi) is 10.8. The van der Waals surface area contributed by atoms with Gasteiger partial charge in [0.05, 0.1) is 32.0 Å². The number of rotatable bonds is 15. The zero-order valence-corrected chi connectivity index (χ0v) is 27.6. The van der Waals surface area contributed by atoms with Crippen LogP contribution in [0.2, 0.25) is 25.7 Å². The number of ether oxygens (including phenoxy) is 4. The van der Waals surface area contributed by atoms with Gasteiger partial charge in [-0.2, -0.15) is 0 Å². The van der Waals surface area contributed by atoms with Crippen molar-refractivity contribution in [3.8, 4) is 28.5 Å². The van der Waals surface area contributed by atoms with E-state index in [1.54, 1.807) is 35.0 Å². The van der Waals surface area contributed by atoms with E-state index in [4.69, 9.17) is 23.9 Å². The fraction of sp³-hybridized carbons (Fsp3) is 0.394. The molecule has 12 heteroatoms. The second-order valence-corrected chi connectivity index (χ2v) is 17.7. The van der Waals surface area contributed by atoms with Gasteiger partial charge in [0, 0.05) is 37.4 Å². The molecule has 0 fully saturated rings. The highest BCUT2D eigenvalue weighted by Gasteiger charge is 2.28. The van der Waals surface area contributed by atoms with Crippen molar-refractivity contribution in [1.82, 2.24) is 14.9 Å². The fourth-order valence-electron chi connectivity index (χ4n) is 4.77. The van der Waals surface area contributed by atoms with Crippen LogP contribution in [0.5, 0.6) is 17.2 Å². The van der Waals surface area contributed by atoms with E-state index in [1.807, 2.05) is 0 Å². The molecule has 4 rings (SSSR count). The summed E-state index contributed by atoms with van der Waals surface area (Å²) < 4.78 is 51.5. The van der Waals surface area contributed by atoms with Gasteiger partial charge in [0.2, 0.25) is 0 Å². The van der Waals surface area contributed by atoms with E-state index in [9.17, 15) is 14.3 Å². The number of hydrogen-bond acceptors (Lipinski definition) is 7. The first-order valence-corrected chi connectivity index (χ1v) is 18.4. The molecular formula is C33H41F2N3O6Si. The summed E-state index contributed by atoms with van der Waals surface area (Å²) in [5.41, 5.74) is 0.348. The summed E-state index contributed by atoms with van der Waals surface area (Å²) in [6.45, 7) is 8.13. The van der Waals surface area contributed by atoms with E-state index in [0.717, 1.165) is 6.04 Å². The lowest BCUT2D eigenvalue weighted by molar-refractivity contribution is 0.0489. The van der Waals surface area contributed by atoms with Crippen molar-refractivity contribution in [3.63, 3.8) is 0 Å². The highest BCUT2D eigenvalue weighted by atomic mass is 28.3. The Morgan fingerprint density at radius 1 is 1.04 bits per heavy atom. The average molecular weight is 642 g/mol. The van der Waals surface area contributed by atoms with Crippen LogP contribution in [0.25, 0.3) is 22.2 Å². The van der Waals surface area contributed by atoms with E-state index in [2.05, 4.69) is 25.0 Å². The number of carbonyl (C=O) groups is 1. The minimum absolute atomic E-state index is 0.135. The Bertz CT molecular complexity index is 1640. The molecule has 4 aromatic rings. The van der Waals surface area contributed by atoms with Crippen molar-refractivity contribution in [3.05, 3.63) is 71.8 Å². The monoisotopic (exact) mass is 641 g/mol. The molecule has 2 aromatic heterocycles. The molecule has 0 aliphatic carbocycles. The zero-order chi connectivity index (χ0) is 32.8. The molecule has 0 bridgehead atoms. The number of alkyl halides is 1.